The molecule has 1 N–H and O–H groups in total. The van der Waals surface area contributed by atoms with E-state index in [0.29, 0.717) is 10.9 Å². The molecule has 7 nitrogen and oxygen atoms in total. The Morgan fingerprint density at radius 1 is 1.17 bits per heavy atom. The van der Waals surface area contributed by atoms with Crippen molar-refractivity contribution in [3.8, 4) is 0 Å². The molecule has 1 fully saturated rings. The van der Waals surface area contributed by atoms with E-state index in [4.69, 9.17) is 0 Å². The Morgan fingerprint density at radius 3 is 2.79 bits per heavy atom. The molecule has 0 unspecified atom stereocenters. The van der Waals surface area contributed by atoms with E-state index in [1.165, 1.54) is 36.6 Å². The highest BCUT2D eigenvalue weighted by Gasteiger charge is 2.17. The number of benzene rings is 1. The second kappa shape index (κ2) is 8.82. The van der Waals surface area contributed by atoms with Crippen molar-refractivity contribution in [2.45, 2.75) is 62.3 Å². The lowest BCUT2D eigenvalue weighted by Gasteiger charge is -2.20. The average Bonchev–Trinajstić information content (AvgIpc) is 3.04. The average molecular weight is 412 g/mol. The number of amides is 1. The minimum absolute atomic E-state index is 0.149. The zero-order valence-electron chi connectivity index (χ0n) is 16.5. The van der Waals surface area contributed by atoms with Crippen molar-refractivity contribution < 1.29 is 4.79 Å². The minimum Gasteiger partial charge on any atom is -0.324 e. The van der Waals surface area contributed by atoms with Gasteiger partial charge < -0.3 is 5.32 Å². The van der Waals surface area contributed by atoms with Crippen LogP contribution in [0.25, 0.3) is 5.65 Å². The lowest BCUT2D eigenvalue weighted by atomic mass is 10.0. The van der Waals surface area contributed by atoms with Crippen LogP contribution >= 0.6 is 11.8 Å². The zero-order valence-corrected chi connectivity index (χ0v) is 17.3. The molecule has 8 heteroatoms. The van der Waals surface area contributed by atoms with Gasteiger partial charge in [-0.05, 0) is 49.1 Å². The number of hydrogen-bond donors (Lipinski definition) is 1. The first-order valence-electron chi connectivity index (χ1n) is 10.1. The highest BCUT2D eigenvalue weighted by atomic mass is 32.2. The topological polar surface area (TPSA) is 81.3 Å². The predicted molar refractivity (Wildman–Crippen MR) is 114 cm³/mol. The van der Waals surface area contributed by atoms with Gasteiger partial charge in [-0.1, -0.05) is 38.3 Å². The standard InChI is InChI=1S/C21H25N5O2S/c1-2-15-7-6-8-16(13-15)22-19(27)14-25-21(28)26-18(23-25)11-12-20(24-26)29-17-9-4-3-5-10-17/h6-8,11-13,17H,2-5,9-10,14H2,1H3,(H,22,27). The number of nitrogens with one attached hydrogen (secondary N) is 1. The van der Waals surface area contributed by atoms with E-state index in [-0.39, 0.29) is 12.5 Å². The van der Waals surface area contributed by atoms with Crippen LogP contribution < -0.4 is 11.0 Å². The lowest BCUT2D eigenvalue weighted by Crippen LogP contribution is -2.29. The second-order valence-corrected chi connectivity index (χ2v) is 8.68. The summed E-state index contributed by atoms with van der Waals surface area (Å²) in [4.78, 5) is 25.1. The van der Waals surface area contributed by atoms with Gasteiger partial charge in [0, 0.05) is 10.9 Å². The van der Waals surface area contributed by atoms with E-state index >= 15 is 0 Å². The molecule has 3 aromatic rings. The summed E-state index contributed by atoms with van der Waals surface area (Å²) in [5.41, 5.74) is 1.91. The number of anilines is 1. The molecule has 0 saturated heterocycles. The van der Waals surface area contributed by atoms with Gasteiger partial charge in [0.1, 0.15) is 11.6 Å². The molecule has 0 spiro atoms. The molecule has 0 aliphatic heterocycles. The van der Waals surface area contributed by atoms with Gasteiger partial charge in [-0.2, -0.15) is 9.61 Å². The van der Waals surface area contributed by atoms with Crippen molar-refractivity contribution in [2.75, 3.05) is 5.32 Å². The van der Waals surface area contributed by atoms with Crippen LogP contribution in [0.2, 0.25) is 0 Å². The summed E-state index contributed by atoms with van der Waals surface area (Å²) in [6, 6.07) is 11.4. The number of hydrogen-bond acceptors (Lipinski definition) is 5. The van der Waals surface area contributed by atoms with Gasteiger partial charge >= 0.3 is 5.69 Å². The third kappa shape index (κ3) is 4.70. The van der Waals surface area contributed by atoms with E-state index in [2.05, 4.69) is 22.4 Å². The highest BCUT2D eigenvalue weighted by Crippen LogP contribution is 2.32. The Balaban J connectivity index is 1.48. The van der Waals surface area contributed by atoms with Crippen molar-refractivity contribution >= 4 is 29.0 Å². The van der Waals surface area contributed by atoms with Gasteiger partial charge in [0.15, 0.2) is 5.65 Å². The van der Waals surface area contributed by atoms with Gasteiger partial charge in [-0.15, -0.1) is 16.9 Å². The fourth-order valence-corrected chi connectivity index (χ4v) is 4.80. The molecule has 1 aliphatic rings. The maximum atomic E-state index is 12.7. The van der Waals surface area contributed by atoms with Crippen LogP contribution in [0, 0.1) is 0 Å². The van der Waals surface area contributed by atoms with Crippen LogP contribution in [-0.2, 0) is 17.8 Å². The summed E-state index contributed by atoms with van der Waals surface area (Å²) in [7, 11) is 0. The number of fused-ring (bicyclic) bond motifs is 1. The number of carbonyl (C=O) groups is 1. The van der Waals surface area contributed by atoms with Crippen LogP contribution in [0.15, 0.2) is 46.2 Å². The zero-order chi connectivity index (χ0) is 20.2. The Bertz CT molecular complexity index is 1070. The van der Waals surface area contributed by atoms with Gasteiger partial charge in [-0.25, -0.2) is 9.48 Å². The van der Waals surface area contributed by atoms with E-state index in [9.17, 15) is 9.59 Å². The van der Waals surface area contributed by atoms with Crippen molar-refractivity contribution in [2.24, 2.45) is 0 Å². The van der Waals surface area contributed by atoms with E-state index in [1.807, 2.05) is 30.3 Å². The van der Waals surface area contributed by atoms with Crippen molar-refractivity contribution in [1.29, 1.82) is 0 Å². The maximum Gasteiger partial charge on any atom is 0.367 e. The van der Waals surface area contributed by atoms with Crippen LogP contribution in [0.1, 0.15) is 44.6 Å². The molecule has 4 rings (SSSR count). The Labute approximate surface area is 173 Å². The number of carbonyl (C=O) groups excluding carboxylic acids is 1. The first-order chi connectivity index (χ1) is 14.1. The van der Waals surface area contributed by atoms with Crippen molar-refractivity contribution in [3.63, 3.8) is 0 Å². The van der Waals surface area contributed by atoms with Gasteiger partial charge in [-0.3, -0.25) is 4.79 Å². The SMILES string of the molecule is CCc1cccc(NC(=O)Cn2nc3ccc(SC4CCCCC4)nn3c2=O)c1. The monoisotopic (exact) mass is 411 g/mol. The predicted octanol–water partition coefficient (Wildman–Crippen LogP) is 3.52. The molecular weight excluding hydrogens is 386 g/mol. The van der Waals surface area contributed by atoms with E-state index in [1.54, 1.807) is 17.8 Å². The van der Waals surface area contributed by atoms with Crippen LogP contribution in [0.5, 0.6) is 0 Å². The van der Waals surface area contributed by atoms with E-state index < -0.39 is 5.69 Å². The molecule has 152 valence electrons. The van der Waals surface area contributed by atoms with Crippen LogP contribution in [0.3, 0.4) is 0 Å². The highest BCUT2D eigenvalue weighted by molar-refractivity contribution is 7.99. The molecule has 2 heterocycles. The molecule has 1 amide bonds. The molecule has 1 aromatic carbocycles. The summed E-state index contributed by atoms with van der Waals surface area (Å²) < 4.78 is 2.45. The molecular formula is C21H25N5O2S. The molecule has 0 radical (unpaired) electrons. The van der Waals surface area contributed by atoms with Crippen molar-refractivity contribution in [1.82, 2.24) is 19.4 Å². The van der Waals surface area contributed by atoms with Gasteiger partial charge in [0.05, 0.1) is 0 Å². The molecule has 29 heavy (non-hydrogen) atoms. The number of aryl methyl sites for hydroxylation is 1. The Hall–Kier alpha value is -2.61. The quantitative estimate of drug-likeness (QED) is 0.671. The summed E-state index contributed by atoms with van der Waals surface area (Å²) in [5, 5.41) is 12.9. The summed E-state index contributed by atoms with van der Waals surface area (Å²) in [6.07, 6.45) is 7.10. The molecule has 0 bridgehead atoms. The normalized spacial score (nSPS) is 14.9. The first-order valence-corrected chi connectivity index (χ1v) is 11.0. The fraction of sp³-hybridized carbons (Fsp3) is 0.429. The van der Waals surface area contributed by atoms with Crippen molar-refractivity contribution in [3.05, 3.63) is 52.4 Å². The Kier molecular flexibility index (Phi) is 5.99. The number of thioether (sulfide) groups is 1. The minimum atomic E-state index is -0.399. The number of aromatic nitrogens is 4. The first kappa shape index (κ1) is 19.7. The van der Waals surface area contributed by atoms with Crippen LogP contribution in [-0.4, -0.2) is 30.6 Å². The smallest absolute Gasteiger partial charge is 0.324 e. The van der Waals surface area contributed by atoms with E-state index in [0.717, 1.165) is 27.4 Å². The fourth-order valence-electron chi connectivity index (χ4n) is 3.62. The second-order valence-electron chi connectivity index (χ2n) is 7.36. The summed E-state index contributed by atoms with van der Waals surface area (Å²) in [6.45, 7) is 1.91. The lowest BCUT2D eigenvalue weighted by molar-refractivity contribution is -0.117. The Morgan fingerprint density at radius 2 is 2.00 bits per heavy atom. The van der Waals surface area contributed by atoms with Gasteiger partial charge in [0.25, 0.3) is 0 Å². The largest absolute Gasteiger partial charge is 0.367 e. The summed E-state index contributed by atoms with van der Waals surface area (Å²) in [5.74, 6) is -0.291. The molecule has 2 aromatic heterocycles. The molecule has 1 aliphatic carbocycles. The van der Waals surface area contributed by atoms with Gasteiger partial charge in [0.2, 0.25) is 5.91 Å². The van der Waals surface area contributed by atoms with Crippen LogP contribution in [0.4, 0.5) is 5.69 Å². The number of rotatable bonds is 6. The molecule has 0 atom stereocenters. The third-order valence-corrected chi connectivity index (χ3v) is 6.43. The number of nitrogens with zero attached hydrogens (tertiary/aromatic N) is 4. The summed E-state index contributed by atoms with van der Waals surface area (Å²) >= 11 is 1.73. The molecule has 1 saturated carbocycles. The maximum absolute atomic E-state index is 12.7. The third-order valence-electron chi connectivity index (χ3n) is 5.17.